The molecule has 0 unspecified atom stereocenters. The maximum Gasteiger partial charge on any atom is 0.130 e. The Morgan fingerprint density at radius 1 is 1.24 bits per heavy atom. The predicted molar refractivity (Wildman–Crippen MR) is 110 cm³/mol. The number of pyridine rings is 1. The zero-order valence-corrected chi connectivity index (χ0v) is 16.6. The first-order chi connectivity index (χ1) is 14.2. The summed E-state index contributed by atoms with van der Waals surface area (Å²) in [6, 6.07) is 10.2. The van der Waals surface area contributed by atoms with Crippen molar-refractivity contribution in [3.8, 4) is 22.9 Å². The van der Waals surface area contributed by atoms with Crippen LogP contribution in [0, 0.1) is 11.3 Å². The van der Waals surface area contributed by atoms with Crippen molar-refractivity contribution >= 4 is 11.5 Å². The molecule has 7 nitrogen and oxygen atoms in total. The van der Waals surface area contributed by atoms with Crippen molar-refractivity contribution in [1.82, 2.24) is 14.8 Å². The average Bonchev–Trinajstić information content (AvgIpc) is 3.50. The van der Waals surface area contributed by atoms with Crippen LogP contribution in [-0.2, 0) is 11.3 Å². The second kappa shape index (κ2) is 8.33. The highest BCUT2D eigenvalue weighted by molar-refractivity contribution is 5.72. The Morgan fingerprint density at radius 3 is 2.83 bits per heavy atom. The summed E-state index contributed by atoms with van der Waals surface area (Å²) in [4.78, 5) is 4.40. The predicted octanol–water partition coefficient (Wildman–Crippen LogP) is 4.09. The van der Waals surface area contributed by atoms with Gasteiger partial charge in [0.05, 0.1) is 43.8 Å². The van der Waals surface area contributed by atoms with Gasteiger partial charge in [-0.25, -0.2) is 4.98 Å². The lowest BCUT2D eigenvalue weighted by Gasteiger charge is -2.13. The van der Waals surface area contributed by atoms with Gasteiger partial charge in [-0.05, 0) is 54.2 Å². The fourth-order valence-electron chi connectivity index (χ4n) is 3.41. The number of methoxy groups -OCH3 is 2. The van der Waals surface area contributed by atoms with E-state index in [4.69, 9.17) is 9.47 Å². The number of benzene rings is 1. The van der Waals surface area contributed by atoms with Crippen LogP contribution in [0.3, 0.4) is 0 Å². The zero-order valence-electron chi connectivity index (χ0n) is 16.6. The molecule has 1 aromatic carbocycles. The minimum Gasteiger partial charge on any atom is -0.496 e. The highest BCUT2D eigenvalue weighted by Gasteiger charge is 2.30. The number of nitriles is 1. The molecule has 148 valence electrons. The number of nitrogens with one attached hydrogen (secondary N) is 1. The maximum atomic E-state index is 9.65. The molecular weight excluding hydrogens is 366 g/mol. The molecule has 2 aromatic heterocycles. The molecule has 1 aliphatic rings. The molecule has 4 rings (SSSR count). The van der Waals surface area contributed by atoms with E-state index >= 15 is 0 Å². The molecule has 1 saturated carbocycles. The first-order valence-corrected chi connectivity index (χ1v) is 9.58. The number of nitrogens with zero attached hydrogens (tertiary/aromatic N) is 4. The summed E-state index contributed by atoms with van der Waals surface area (Å²) in [7, 11) is 3.33. The lowest BCUT2D eigenvalue weighted by atomic mass is 9.96. The van der Waals surface area contributed by atoms with E-state index in [1.807, 2.05) is 35.1 Å². The third-order valence-corrected chi connectivity index (χ3v) is 4.99. The van der Waals surface area contributed by atoms with Gasteiger partial charge in [0.25, 0.3) is 0 Å². The second-order valence-electron chi connectivity index (χ2n) is 7.07. The monoisotopic (exact) mass is 389 g/mol. The van der Waals surface area contributed by atoms with E-state index in [-0.39, 0.29) is 0 Å². The first-order valence-electron chi connectivity index (χ1n) is 9.58. The van der Waals surface area contributed by atoms with E-state index in [0.717, 1.165) is 41.0 Å². The normalized spacial score (nSPS) is 13.1. The molecule has 0 atom stereocenters. The fourth-order valence-corrected chi connectivity index (χ4v) is 3.41. The largest absolute Gasteiger partial charge is 0.496 e. The van der Waals surface area contributed by atoms with Crippen molar-refractivity contribution in [1.29, 1.82) is 5.26 Å². The molecular formula is C22H23N5O2. The van der Waals surface area contributed by atoms with E-state index in [1.54, 1.807) is 26.6 Å². The van der Waals surface area contributed by atoms with E-state index < -0.39 is 0 Å². The molecule has 0 saturated heterocycles. The highest BCUT2D eigenvalue weighted by Crippen LogP contribution is 2.47. The average molecular weight is 389 g/mol. The summed E-state index contributed by atoms with van der Waals surface area (Å²) in [6.07, 6.45) is 7.65. The summed E-state index contributed by atoms with van der Waals surface area (Å²) >= 11 is 0. The standard InChI is InChI=1S/C22H23N5O2/c1-28-8-7-27-14-19(13-25-27)26-21-11-16(5-6-24-21)17-9-18(12-23)22(15-3-4-15)20(10-17)29-2/h5-6,9-11,13-15H,3-4,7-8H2,1-2H3,(H,24,26). The van der Waals surface area contributed by atoms with Gasteiger partial charge in [-0.2, -0.15) is 10.4 Å². The summed E-state index contributed by atoms with van der Waals surface area (Å²) in [6.45, 7) is 1.30. The van der Waals surface area contributed by atoms with Gasteiger partial charge in [-0.3, -0.25) is 4.68 Å². The van der Waals surface area contributed by atoms with Crippen molar-refractivity contribution in [2.45, 2.75) is 25.3 Å². The second-order valence-corrected chi connectivity index (χ2v) is 7.07. The van der Waals surface area contributed by atoms with Crippen LogP contribution in [0.2, 0.25) is 0 Å². The number of anilines is 2. The number of rotatable bonds is 8. The Labute approximate surface area is 169 Å². The molecule has 7 heteroatoms. The van der Waals surface area contributed by atoms with Crippen molar-refractivity contribution in [2.75, 3.05) is 26.1 Å². The molecule has 2 heterocycles. The molecule has 0 bridgehead atoms. The van der Waals surface area contributed by atoms with Crippen molar-refractivity contribution in [3.63, 3.8) is 0 Å². The Hall–Kier alpha value is -3.37. The topological polar surface area (TPSA) is 85.0 Å². The zero-order chi connectivity index (χ0) is 20.2. The van der Waals surface area contributed by atoms with E-state index in [1.165, 1.54) is 0 Å². The Balaban J connectivity index is 1.60. The summed E-state index contributed by atoms with van der Waals surface area (Å²) in [5, 5.41) is 17.2. The Kier molecular flexibility index (Phi) is 5.45. The highest BCUT2D eigenvalue weighted by atomic mass is 16.5. The van der Waals surface area contributed by atoms with Crippen LogP contribution in [0.25, 0.3) is 11.1 Å². The SMILES string of the molecule is COCCn1cc(Nc2cc(-c3cc(C#N)c(C4CC4)c(OC)c3)ccn2)cn1. The minimum atomic E-state index is 0.443. The number of ether oxygens (including phenoxy) is 2. The molecule has 0 aliphatic heterocycles. The lowest BCUT2D eigenvalue weighted by molar-refractivity contribution is 0.183. The van der Waals surface area contributed by atoms with Gasteiger partial charge in [0, 0.05) is 25.1 Å². The van der Waals surface area contributed by atoms with Gasteiger partial charge < -0.3 is 14.8 Å². The number of hydrogen-bond donors (Lipinski definition) is 1. The van der Waals surface area contributed by atoms with Gasteiger partial charge in [0.1, 0.15) is 11.6 Å². The number of hydrogen-bond acceptors (Lipinski definition) is 6. The van der Waals surface area contributed by atoms with Crippen LogP contribution in [0.4, 0.5) is 11.5 Å². The van der Waals surface area contributed by atoms with Crippen LogP contribution >= 0.6 is 0 Å². The summed E-state index contributed by atoms with van der Waals surface area (Å²) < 4.78 is 12.5. The number of aromatic nitrogens is 3. The van der Waals surface area contributed by atoms with Crippen LogP contribution in [0.1, 0.15) is 29.9 Å². The maximum absolute atomic E-state index is 9.65. The first kappa shape index (κ1) is 19.0. The van der Waals surface area contributed by atoms with E-state index in [9.17, 15) is 5.26 Å². The van der Waals surface area contributed by atoms with Gasteiger partial charge >= 0.3 is 0 Å². The van der Waals surface area contributed by atoms with E-state index in [2.05, 4.69) is 21.5 Å². The van der Waals surface area contributed by atoms with Gasteiger partial charge in [0.2, 0.25) is 0 Å². The van der Waals surface area contributed by atoms with Gasteiger partial charge in [0.15, 0.2) is 0 Å². The minimum absolute atomic E-state index is 0.443. The molecule has 3 aromatic rings. The molecule has 0 radical (unpaired) electrons. The molecule has 1 N–H and O–H groups in total. The molecule has 1 aliphatic carbocycles. The summed E-state index contributed by atoms with van der Waals surface area (Å²) in [5.74, 6) is 1.93. The molecule has 0 amide bonds. The quantitative estimate of drug-likeness (QED) is 0.624. The molecule has 0 spiro atoms. The molecule has 29 heavy (non-hydrogen) atoms. The Morgan fingerprint density at radius 2 is 2.10 bits per heavy atom. The van der Waals surface area contributed by atoms with Gasteiger partial charge in [-0.1, -0.05) is 0 Å². The van der Waals surface area contributed by atoms with Crippen molar-refractivity contribution in [2.24, 2.45) is 0 Å². The third-order valence-electron chi connectivity index (χ3n) is 4.99. The van der Waals surface area contributed by atoms with Gasteiger partial charge in [-0.15, -0.1) is 0 Å². The Bertz CT molecular complexity index is 1050. The van der Waals surface area contributed by atoms with E-state index in [0.29, 0.717) is 30.5 Å². The lowest BCUT2D eigenvalue weighted by Crippen LogP contribution is -2.03. The smallest absolute Gasteiger partial charge is 0.130 e. The fraction of sp³-hybridized carbons (Fsp3) is 0.318. The molecule has 1 fully saturated rings. The van der Waals surface area contributed by atoms with Crippen LogP contribution in [0.5, 0.6) is 5.75 Å². The summed E-state index contributed by atoms with van der Waals surface area (Å²) in [5.41, 5.74) is 4.47. The van der Waals surface area contributed by atoms with Crippen LogP contribution in [-0.4, -0.2) is 35.6 Å². The third kappa shape index (κ3) is 4.23. The van der Waals surface area contributed by atoms with Crippen molar-refractivity contribution < 1.29 is 9.47 Å². The van der Waals surface area contributed by atoms with Crippen LogP contribution in [0.15, 0.2) is 42.9 Å². The van der Waals surface area contributed by atoms with Crippen molar-refractivity contribution in [3.05, 3.63) is 54.0 Å². The van der Waals surface area contributed by atoms with Crippen LogP contribution < -0.4 is 10.1 Å².